The molecule has 1 nitrogen and oxygen atoms in total. The van der Waals surface area contributed by atoms with Gasteiger partial charge in [-0.05, 0) is 106 Å². The lowest BCUT2D eigenvalue weighted by molar-refractivity contribution is 0.744. The van der Waals surface area contributed by atoms with Gasteiger partial charge in [-0.3, -0.25) is 0 Å². The lowest BCUT2D eigenvalue weighted by Crippen LogP contribution is -2.32. The Labute approximate surface area is 294 Å². The molecule has 5 aromatic rings. The zero-order valence-electron chi connectivity index (χ0n) is 28.0. The van der Waals surface area contributed by atoms with Crippen LogP contribution < -0.4 is 4.90 Å². The molecule has 5 aliphatic rings. The summed E-state index contributed by atoms with van der Waals surface area (Å²) in [5.74, 6) is 0. The first-order valence-electron chi connectivity index (χ1n) is 18.0. The average molecular weight is 640 g/mol. The largest absolute Gasteiger partial charge is 0.333 e. The Kier molecular flexibility index (Phi) is 6.76. The fraction of sp³-hybridized carbons (Fsp3) is 0.122. The van der Waals surface area contributed by atoms with E-state index in [0.717, 1.165) is 25.7 Å². The Bertz CT molecular complexity index is 2420. The van der Waals surface area contributed by atoms with E-state index in [9.17, 15) is 0 Å². The van der Waals surface area contributed by atoms with Gasteiger partial charge in [0, 0.05) is 22.5 Å². The SMILES string of the molecule is C1=CCC2=C(C=1)c1ccccc1C21c2ccccc2-c2c(N(c3ccccc3-c3ccccc3)C3C=CC(C4=CC=CCC4)=CC3)cccc21. The van der Waals surface area contributed by atoms with Crippen molar-refractivity contribution in [3.63, 3.8) is 0 Å². The molecule has 0 amide bonds. The van der Waals surface area contributed by atoms with Gasteiger partial charge in [0.2, 0.25) is 0 Å². The second-order valence-electron chi connectivity index (χ2n) is 13.9. The minimum absolute atomic E-state index is 0.143. The number of hydrogen-bond acceptors (Lipinski definition) is 1. The van der Waals surface area contributed by atoms with E-state index in [1.807, 2.05) is 0 Å². The first-order valence-corrected chi connectivity index (χ1v) is 18.0. The third-order valence-corrected chi connectivity index (χ3v) is 11.4. The van der Waals surface area contributed by atoms with Crippen molar-refractivity contribution in [3.8, 4) is 22.3 Å². The second-order valence-corrected chi connectivity index (χ2v) is 13.9. The molecule has 0 saturated heterocycles. The topological polar surface area (TPSA) is 3.24 Å². The maximum Gasteiger partial charge on any atom is 0.0692 e. The highest BCUT2D eigenvalue weighted by molar-refractivity contribution is 6.01. The molecule has 0 bridgehead atoms. The van der Waals surface area contributed by atoms with Crippen molar-refractivity contribution in [3.05, 3.63) is 215 Å². The molecule has 1 heteroatoms. The summed E-state index contributed by atoms with van der Waals surface area (Å²) in [6, 6.07) is 45.4. The van der Waals surface area contributed by atoms with Crippen molar-refractivity contribution in [2.75, 3.05) is 4.90 Å². The van der Waals surface area contributed by atoms with E-state index in [1.165, 1.54) is 78.2 Å². The number of anilines is 2. The molecule has 0 aliphatic heterocycles. The minimum atomic E-state index is -0.343. The highest BCUT2D eigenvalue weighted by Gasteiger charge is 2.53. The molecule has 0 N–H and O–H groups in total. The van der Waals surface area contributed by atoms with Gasteiger partial charge in [-0.25, -0.2) is 0 Å². The minimum Gasteiger partial charge on any atom is -0.333 e. The van der Waals surface area contributed by atoms with Crippen LogP contribution in [0.25, 0.3) is 27.8 Å². The number of hydrogen-bond donors (Lipinski definition) is 0. The molecule has 5 aliphatic carbocycles. The van der Waals surface area contributed by atoms with Crippen LogP contribution in [0.2, 0.25) is 0 Å². The standard InChI is InChI=1S/C49H37N/c1-3-16-34(17-4-1)35-30-32-37(33-31-35)50(46-28-14-10-20-38(46)36-18-5-2-6-19-36)47-29-15-27-45-48(47)41-23-9-13-26-44(41)49(45)42-24-11-7-21-39(42)40-22-8-12-25-43(40)49/h1-3,5-7,9-16,18-24,26-32,37H,4,17,25,33H2. The second kappa shape index (κ2) is 11.6. The molecule has 2 atom stereocenters. The lowest BCUT2D eigenvalue weighted by atomic mass is 9.68. The molecule has 0 aromatic heterocycles. The van der Waals surface area contributed by atoms with Gasteiger partial charge in [0.05, 0.1) is 11.5 Å². The van der Waals surface area contributed by atoms with Crippen molar-refractivity contribution in [1.82, 2.24) is 0 Å². The fourth-order valence-electron chi connectivity index (χ4n) is 9.34. The Morgan fingerprint density at radius 3 is 2.20 bits per heavy atom. The van der Waals surface area contributed by atoms with Gasteiger partial charge in [0.15, 0.2) is 0 Å². The molecule has 0 heterocycles. The molecule has 50 heavy (non-hydrogen) atoms. The maximum atomic E-state index is 3.46. The van der Waals surface area contributed by atoms with Gasteiger partial charge in [0.1, 0.15) is 0 Å². The lowest BCUT2D eigenvalue weighted by Gasteiger charge is -2.37. The number of rotatable bonds is 5. The van der Waals surface area contributed by atoms with Crippen molar-refractivity contribution >= 4 is 16.9 Å². The molecule has 0 radical (unpaired) electrons. The first-order chi connectivity index (χ1) is 24.8. The van der Waals surface area contributed by atoms with E-state index in [0.29, 0.717) is 0 Å². The van der Waals surface area contributed by atoms with Gasteiger partial charge in [0.25, 0.3) is 0 Å². The molecule has 0 fully saturated rings. The van der Waals surface area contributed by atoms with Crippen LogP contribution in [-0.2, 0) is 5.41 Å². The van der Waals surface area contributed by atoms with Gasteiger partial charge in [-0.15, -0.1) is 5.73 Å². The molecular weight excluding hydrogens is 603 g/mol. The summed E-state index contributed by atoms with van der Waals surface area (Å²) in [6.07, 6.45) is 22.5. The van der Waals surface area contributed by atoms with Crippen LogP contribution in [0, 0.1) is 0 Å². The first kappa shape index (κ1) is 29.1. The summed E-state index contributed by atoms with van der Waals surface area (Å²) < 4.78 is 0. The Morgan fingerprint density at radius 1 is 0.680 bits per heavy atom. The molecule has 1 spiro atoms. The number of fused-ring (bicyclic) bond motifs is 9. The molecule has 10 rings (SSSR count). The summed E-state index contributed by atoms with van der Waals surface area (Å²) in [7, 11) is 0. The van der Waals surface area contributed by atoms with Crippen LogP contribution >= 0.6 is 0 Å². The van der Waals surface area contributed by atoms with E-state index in [4.69, 9.17) is 0 Å². The van der Waals surface area contributed by atoms with Crippen molar-refractivity contribution < 1.29 is 0 Å². The molecule has 5 aromatic carbocycles. The molecule has 238 valence electrons. The summed E-state index contributed by atoms with van der Waals surface area (Å²) in [4.78, 5) is 2.65. The number of para-hydroxylation sites is 1. The predicted octanol–water partition coefficient (Wildman–Crippen LogP) is 12.2. The molecular formula is C49H37N. The summed E-state index contributed by atoms with van der Waals surface area (Å²) in [5.41, 5.74) is 21.9. The zero-order chi connectivity index (χ0) is 33.1. The van der Waals surface area contributed by atoms with Crippen molar-refractivity contribution in [1.29, 1.82) is 0 Å². The summed E-state index contributed by atoms with van der Waals surface area (Å²) in [6.45, 7) is 0. The van der Waals surface area contributed by atoms with Crippen LogP contribution in [-0.4, -0.2) is 6.04 Å². The Balaban J connectivity index is 1.22. The highest BCUT2D eigenvalue weighted by atomic mass is 15.2. The number of benzene rings is 5. The van der Waals surface area contributed by atoms with Crippen LogP contribution in [0.4, 0.5) is 11.4 Å². The fourth-order valence-corrected chi connectivity index (χ4v) is 9.34. The van der Waals surface area contributed by atoms with Crippen LogP contribution in [0.15, 0.2) is 192 Å². The number of allylic oxidation sites excluding steroid dienone is 9. The smallest absolute Gasteiger partial charge is 0.0692 e. The molecule has 2 unspecified atom stereocenters. The summed E-state index contributed by atoms with van der Waals surface area (Å²) in [5, 5.41) is 0. The van der Waals surface area contributed by atoms with Gasteiger partial charge >= 0.3 is 0 Å². The van der Waals surface area contributed by atoms with Crippen molar-refractivity contribution in [2.45, 2.75) is 37.1 Å². The third kappa shape index (κ3) is 4.21. The normalized spacial score (nSPS) is 20.7. The van der Waals surface area contributed by atoms with Gasteiger partial charge in [-0.1, -0.05) is 146 Å². The van der Waals surface area contributed by atoms with Crippen LogP contribution in [0.1, 0.15) is 47.9 Å². The quantitative estimate of drug-likeness (QED) is 0.173. The Morgan fingerprint density at radius 2 is 1.40 bits per heavy atom. The van der Waals surface area contributed by atoms with Crippen LogP contribution in [0.5, 0.6) is 0 Å². The predicted molar refractivity (Wildman–Crippen MR) is 208 cm³/mol. The van der Waals surface area contributed by atoms with E-state index in [2.05, 4.69) is 181 Å². The summed E-state index contributed by atoms with van der Waals surface area (Å²) >= 11 is 0. The van der Waals surface area contributed by atoms with E-state index in [1.54, 1.807) is 0 Å². The highest BCUT2D eigenvalue weighted by Crippen LogP contribution is 2.65. The molecule has 0 saturated carbocycles. The van der Waals surface area contributed by atoms with Gasteiger partial charge < -0.3 is 4.90 Å². The van der Waals surface area contributed by atoms with E-state index < -0.39 is 0 Å². The van der Waals surface area contributed by atoms with Crippen LogP contribution in [0.3, 0.4) is 0 Å². The van der Waals surface area contributed by atoms with E-state index >= 15 is 0 Å². The van der Waals surface area contributed by atoms with E-state index in [-0.39, 0.29) is 11.5 Å². The third-order valence-electron chi connectivity index (χ3n) is 11.4. The monoisotopic (exact) mass is 639 g/mol. The van der Waals surface area contributed by atoms with Crippen molar-refractivity contribution in [2.24, 2.45) is 0 Å². The number of nitrogens with zero attached hydrogens (tertiary/aromatic N) is 1. The average Bonchev–Trinajstić information content (AvgIpc) is 3.67. The maximum absolute atomic E-state index is 3.46. The van der Waals surface area contributed by atoms with Gasteiger partial charge in [-0.2, -0.15) is 0 Å². The Hall–Kier alpha value is -5.88. The zero-order valence-corrected chi connectivity index (χ0v) is 28.0.